The van der Waals surface area contributed by atoms with Crippen molar-refractivity contribution in [2.75, 3.05) is 0 Å². The maximum atomic E-state index is 4.86. The summed E-state index contributed by atoms with van der Waals surface area (Å²) in [6, 6.07) is 2.65. The smallest absolute Gasteiger partial charge is 0.182 e. The van der Waals surface area contributed by atoms with E-state index in [0.717, 1.165) is 17.2 Å². The van der Waals surface area contributed by atoms with Crippen LogP contribution in [0.2, 0.25) is 0 Å². The molecule has 20 heavy (non-hydrogen) atoms. The second kappa shape index (κ2) is 5.32. The van der Waals surface area contributed by atoms with E-state index in [0.29, 0.717) is 6.04 Å². The van der Waals surface area contributed by atoms with Crippen LogP contribution in [0.5, 0.6) is 0 Å². The molecule has 1 saturated carbocycles. The highest BCUT2D eigenvalue weighted by atomic mass is 32.1. The van der Waals surface area contributed by atoms with Crippen LogP contribution in [-0.2, 0) is 5.41 Å². The Morgan fingerprint density at radius 1 is 1.20 bits per heavy atom. The van der Waals surface area contributed by atoms with Crippen LogP contribution in [0, 0.1) is 0 Å². The average molecular weight is 289 g/mol. The van der Waals surface area contributed by atoms with Crippen LogP contribution in [0.15, 0.2) is 16.8 Å². The van der Waals surface area contributed by atoms with Gasteiger partial charge in [-0.1, -0.05) is 40.0 Å². The van der Waals surface area contributed by atoms with E-state index in [-0.39, 0.29) is 5.41 Å². The Hall–Kier alpha value is -1.16. The molecule has 1 fully saturated rings. The zero-order valence-electron chi connectivity index (χ0n) is 12.6. The first-order valence-electron chi connectivity index (χ1n) is 7.55. The highest BCUT2D eigenvalue weighted by Gasteiger charge is 2.28. The summed E-state index contributed by atoms with van der Waals surface area (Å²) in [6.45, 7) is 6.69. The SMILES string of the molecule is CC(C)(C)c1nc(-c2ccsc2)nn1C1CCCCC1. The van der Waals surface area contributed by atoms with Crippen molar-refractivity contribution in [1.29, 1.82) is 0 Å². The Kier molecular flexibility index (Phi) is 3.67. The second-order valence-corrected chi connectivity index (χ2v) is 7.54. The third-order valence-electron chi connectivity index (χ3n) is 4.00. The molecule has 0 amide bonds. The number of thiophene rings is 1. The van der Waals surface area contributed by atoms with Gasteiger partial charge in [-0.05, 0) is 24.3 Å². The van der Waals surface area contributed by atoms with Crippen LogP contribution in [0.4, 0.5) is 0 Å². The van der Waals surface area contributed by atoms with E-state index in [2.05, 4.69) is 42.3 Å². The van der Waals surface area contributed by atoms with Gasteiger partial charge >= 0.3 is 0 Å². The molecule has 0 unspecified atom stereocenters. The summed E-state index contributed by atoms with van der Waals surface area (Å²) in [5, 5.41) is 9.08. The molecule has 0 saturated heterocycles. The Balaban J connectivity index is 2.02. The Labute approximate surface area is 125 Å². The third kappa shape index (κ3) is 2.66. The predicted molar refractivity (Wildman–Crippen MR) is 84.2 cm³/mol. The first-order chi connectivity index (χ1) is 9.55. The van der Waals surface area contributed by atoms with Gasteiger partial charge in [-0.2, -0.15) is 16.4 Å². The van der Waals surface area contributed by atoms with E-state index < -0.39 is 0 Å². The lowest BCUT2D eigenvalue weighted by molar-refractivity contribution is 0.306. The van der Waals surface area contributed by atoms with Gasteiger partial charge in [-0.15, -0.1) is 0 Å². The molecule has 3 rings (SSSR count). The largest absolute Gasteiger partial charge is 0.246 e. The van der Waals surface area contributed by atoms with Crippen molar-refractivity contribution in [3.63, 3.8) is 0 Å². The van der Waals surface area contributed by atoms with E-state index in [1.54, 1.807) is 11.3 Å². The quantitative estimate of drug-likeness (QED) is 0.794. The van der Waals surface area contributed by atoms with Gasteiger partial charge in [-0.3, -0.25) is 0 Å². The molecule has 0 spiro atoms. The van der Waals surface area contributed by atoms with E-state index in [1.807, 2.05) is 0 Å². The van der Waals surface area contributed by atoms with Crippen molar-refractivity contribution in [3.05, 3.63) is 22.7 Å². The average Bonchev–Trinajstić information content (AvgIpc) is 3.08. The lowest BCUT2D eigenvalue weighted by Gasteiger charge is -2.27. The highest BCUT2D eigenvalue weighted by Crippen LogP contribution is 2.33. The van der Waals surface area contributed by atoms with Gasteiger partial charge in [0.25, 0.3) is 0 Å². The topological polar surface area (TPSA) is 30.7 Å². The van der Waals surface area contributed by atoms with E-state index in [1.165, 1.54) is 32.1 Å². The minimum absolute atomic E-state index is 0.0404. The molecule has 2 aromatic rings. The summed E-state index contributed by atoms with van der Waals surface area (Å²) < 4.78 is 2.23. The summed E-state index contributed by atoms with van der Waals surface area (Å²) in [7, 11) is 0. The van der Waals surface area contributed by atoms with E-state index >= 15 is 0 Å². The number of rotatable bonds is 2. The molecule has 4 heteroatoms. The van der Waals surface area contributed by atoms with Crippen molar-refractivity contribution in [1.82, 2.24) is 14.8 Å². The number of nitrogens with zero attached hydrogens (tertiary/aromatic N) is 3. The van der Waals surface area contributed by atoms with Crippen LogP contribution in [-0.4, -0.2) is 14.8 Å². The molecule has 0 aliphatic heterocycles. The summed E-state index contributed by atoms with van der Waals surface area (Å²) in [6.07, 6.45) is 6.50. The molecule has 1 aliphatic carbocycles. The minimum atomic E-state index is 0.0404. The second-order valence-electron chi connectivity index (χ2n) is 6.76. The number of hydrogen-bond acceptors (Lipinski definition) is 3. The molecule has 2 aromatic heterocycles. The molecule has 1 aliphatic rings. The van der Waals surface area contributed by atoms with Gasteiger partial charge in [0, 0.05) is 16.4 Å². The van der Waals surface area contributed by atoms with Crippen LogP contribution in [0.3, 0.4) is 0 Å². The normalized spacial score (nSPS) is 17.6. The monoisotopic (exact) mass is 289 g/mol. The Morgan fingerprint density at radius 2 is 1.95 bits per heavy atom. The maximum Gasteiger partial charge on any atom is 0.182 e. The molecule has 3 nitrogen and oxygen atoms in total. The fourth-order valence-corrected chi connectivity index (χ4v) is 3.56. The molecular formula is C16H23N3S. The van der Waals surface area contributed by atoms with E-state index in [4.69, 9.17) is 10.1 Å². The highest BCUT2D eigenvalue weighted by molar-refractivity contribution is 7.08. The first kappa shape index (κ1) is 13.8. The minimum Gasteiger partial charge on any atom is -0.246 e. The van der Waals surface area contributed by atoms with Gasteiger partial charge in [-0.25, -0.2) is 9.67 Å². The zero-order valence-corrected chi connectivity index (χ0v) is 13.4. The van der Waals surface area contributed by atoms with Crippen LogP contribution in [0.1, 0.15) is 64.7 Å². The molecule has 0 atom stereocenters. The van der Waals surface area contributed by atoms with Crippen molar-refractivity contribution < 1.29 is 0 Å². The predicted octanol–water partition coefficient (Wildman–Crippen LogP) is 4.81. The molecule has 0 aromatic carbocycles. The molecule has 0 radical (unpaired) electrons. The molecule has 108 valence electrons. The van der Waals surface area contributed by atoms with Gasteiger partial charge < -0.3 is 0 Å². The van der Waals surface area contributed by atoms with Crippen molar-refractivity contribution in [3.8, 4) is 11.4 Å². The van der Waals surface area contributed by atoms with Gasteiger partial charge in [0.1, 0.15) is 5.82 Å². The number of aromatic nitrogens is 3. The third-order valence-corrected chi connectivity index (χ3v) is 4.69. The van der Waals surface area contributed by atoms with Crippen LogP contribution >= 0.6 is 11.3 Å². The maximum absolute atomic E-state index is 4.86. The van der Waals surface area contributed by atoms with Crippen LogP contribution < -0.4 is 0 Å². The first-order valence-corrected chi connectivity index (χ1v) is 8.49. The summed E-state index contributed by atoms with van der Waals surface area (Å²) in [5.74, 6) is 2.02. The molecular weight excluding hydrogens is 266 g/mol. The van der Waals surface area contributed by atoms with Gasteiger partial charge in [0.15, 0.2) is 5.82 Å². The Bertz CT molecular complexity index is 557. The van der Waals surface area contributed by atoms with Gasteiger partial charge in [0.05, 0.1) is 6.04 Å². The fourth-order valence-electron chi connectivity index (χ4n) is 2.93. The fraction of sp³-hybridized carbons (Fsp3) is 0.625. The lowest BCUT2D eigenvalue weighted by atomic mass is 9.92. The summed E-state index contributed by atoms with van der Waals surface area (Å²) in [5.41, 5.74) is 1.19. The molecule has 0 N–H and O–H groups in total. The molecule has 2 heterocycles. The van der Waals surface area contributed by atoms with Crippen molar-refractivity contribution >= 4 is 11.3 Å². The van der Waals surface area contributed by atoms with E-state index in [9.17, 15) is 0 Å². The van der Waals surface area contributed by atoms with Gasteiger partial charge in [0.2, 0.25) is 0 Å². The number of hydrogen-bond donors (Lipinski definition) is 0. The Morgan fingerprint density at radius 3 is 2.55 bits per heavy atom. The summed E-state index contributed by atoms with van der Waals surface area (Å²) >= 11 is 1.70. The molecule has 0 bridgehead atoms. The van der Waals surface area contributed by atoms with Crippen LogP contribution in [0.25, 0.3) is 11.4 Å². The van der Waals surface area contributed by atoms with Crippen molar-refractivity contribution in [2.45, 2.75) is 64.3 Å². The van der Waals surface area contributed by atoms with Crippen molar-refractivity contribution in [2.24, 2.45) is 0 Å². The lowest BCUT2D eigenvalue weighted by Crippen LogP contribution is -2.24. The summed E-state index contributed by atoms with van der Waals surface area (Å²) in [4.78, 5) is 4.86. The zero-order chi connectivity index (χ0) is 14.2. The standard InChI is InChI=1S/C16H23N3S/c1-16(2,3)15-17-14(12-9-10-20-11-12)18-19(15)13-7-5-4-6-8-13/h9-11,13H,4-8H2,1-3H3.